The number of hydrogen-bond donors (Lipinski definition) is 3. The van der Waals surface area contributed by atoms with Crippen molar-refractivity contribution in [1.29, 1.82) is 0 Å². The quantitative estimate of drug-likeness (QED) is 0.310. The third-order valence-corrected chi connectivity index (χ3v) is 6.35. The van der Waals surface area contributed by atoms with Crippen molar-refractivity contribution in [1.82, 2.24) is 15.2 Å². The summed E-state index contributed by atoms with van der Waals surface area (Å²) in [4.78, 5) is 18.6. The summed E-state index contributed by atoms with van der Waals surface area (Å²) in [6, 6.07) is 7.77. The van der Waals surface area contributed by atoms with E-state index in [-0.39, 0.29) is 47.9 Å². The van der Waals surface area contributed by atoms with Crippen molar-refractivity contribution in [3.05, 3.63) is 71.2 Å². The van der Waals surface area contributed by atoms with Gasteiger partial charge in [0, 0.05) is 24.7 Å². The van der Waals surface area contributed by atoms with Gasteiger partial charge in [-0.05, 0) is 60.5 Å². The number of furan rings is 1. The van der Waals surface area contributed by atoms with Crippen molar-refractivity contribution in [2.24, 2.45) is 0 Å². The van der Waals surface area contributed by atoms with Crippen LogP contribution in [0.4, 0.5) is 4.39 Å². The molecule has 35 heavy (non-hydrogen) atoms. The third-order valence-electron chi connectivity index (χ3n) is 6.35. The number of amides is 1. The Balaban J connectivity index is 1.59. The van der Waals surface area contributed by atoms with Crippen LogP contribution in [0.2, 0.25) is 0 Å². The van der Waals surface area contributed by atoms with E-state index < -0.39 is 13.1 Å². The molecule has 0 bridgehead atoms. The van der Waals surface area contributed by atoms with Crippen LogP contribution in [0.3, 0.4) is 0 Å². The van der Waals surface area contributed by atoms with Gasteiger partial charge in [0.1, 0.15) is 17.3 Å². The van der Waals surface area contributed by atoms with E-state index in [9.17, 15) is 19.2 Å². The normalized spacial score (nSPS) is 17.2. The number of benzene rings is 1. The minimum Gasteiger partial charge on any atom is -0.497 e. The minimum absolute atomic E-state index is 0.131. The van der Waals surface area contributed by atoms with Crippen LogP contribution in [-0.2, 0) is 17.8 Å². The largest absolute Gasteiger partial charge is 0.497 e. The van der Waals surface area contributed by atoms with Gasteiger partial charge in [0.15, 0.2) is 0 Å². The van der Waals surface area contributed by atoms with Crippen LogP contribution in [-0.4, -0.2) is 54.2 Å². The molecular formula is C24H27BFN3O6. The summed E-state index contributed by atoms with van der Waals surface area (Å²) in [5.74, 6) is 0.406. The van der Waals surface area contributed by atoms with Gasteiger partial charge in [0.2, 0.25) is 11.9 Å². The molecule has 2 unspecified atom stereocenters. The molecule has 1 aliphatic rings. The Kier molecular flexibility index (Phi) is 7.39. The number of pyridine rings is 1. The Bertz CT molecular complexity index is 1170. The van der Waals surface area contributed by atoms with E-state index in [2.05, 4.69) is 10.3 Å². The number of rotatable bonds is 9. The van der Waals surface area contributed by atoms with Crippen LogP contribution in [0.5, 0.6) is 11.5 Å². The van der Waals surface area contributed by atoms with Gasteiger partial charge in [-0.1, -0.05) is 0 Å². The Morgan fingerprint density at radius 1 is 1.20 bits per heavy atom. The summed E-state index contributed by atoms with van der Waals surface area (Å²) in [5, 5.41) is 22.3. The summed E-state index contributed by atoms with van der Waals surface area (Å²) >= 11 is 0. The number of likely N-dealkylation sites (N-methyl/N-ethyl adjacent to an activating group) is 1. The second-order valence-electron chi connectivity index (χ2n) is 8.39. The predicted octanol–water partition coefficient (Wildman–Crippen LogP) is 1.49. The smallest absolute Gasteiger partial charge is 0.496 e. The number of carbonyl (C=O) groups excluding carboxylic acids is 1. The lowest BCUT2D eigenvalue weighted by Crippen LogP contribution is -2.33. The van der Waals surface area contributed by atoms with Crippen LogP contribution in [0.15, 0.2) is 47.2 Å². The van der Waals surface area contributed by atoms with Crippen LogP contribution in [0.25, 0.3) is 0 Å². The van der Waals surface area contributed by atoms with Gasteiger partial charge in [-0.2, -0.15) is 4.39 Å². The van der Waals surface area contributed by atoms with Gasteiger partial charge in [-0.15, -0.1) is 0 Å². The molecule has 1 aromatic carbocycles. The molecule has 184 valence electrons. The van der Waals surface area contributed by atoms with Crippen molar-refractivity contribution in [3.8, 4) is 11.5 Å². The second kappa shape index (κ2) is 10.5. The lowest BCUT2D eigenvalue weighted by Gasteiger charge is -2.26. The molecular weight excluding hydrogens is 456 g/mol. The lowest BCUT2D eigenvalue weighted by atomic mass is 9.77. The first-order valence-electron chi connectivity index (χ1n) is 11.1. The first kappa shape index (κ1) is 24.7. The molecule has 2 atom stereocenters. The van der Waals surface area contributed by atoms with Gasteiger partial charge in [-0.25, -0.2) is 4.98 Å². The van der Waals surface area contributed by atoms with Gasteiger partial charge in [0.25, 0.3) is 0 Å². The maximum atomic E-state index is 14.1. The Hall–Kier alpha value is -3.41. The molecule has 9 nitrogen and oxygen atoms in total. The van der Waals surface area contributed by atoms with E-state index >= 15 is 0 Å². The highest BCUT2D eigenvalue weighted by atomic mass is 19.1. The fourth-order valence-electron chi connectivity index (χ4n) is 4.62. The predicted molar refractivity (Wildman–Crippen MR) is 126 cm³/mol. The van der Waals surface area contributed by atoms with Gasteiger partial charge in [0.05, 0.1) is 32.5 Å². The average Bonchev–Trinajstić information content (AvgIpc) is 3.44. The van der Waals surface area contributed by atoms with Gasteiger partial charge < -0.3 is 29.3 Å². The fraction of sp³-hybridized carbons (Fsp3) is 0.333. The van der Waals surface area contributed by atoms with Crippen molar-refractivity contribution in [2.75, 3.05) is 21.3 Å². The monoisotopic (exact) mass is 483 g/mol. The maximum absolute atomic E-state index is 14.1. The average molecular weight is 483 g/mol. The molecule has 3 aromatic rings. The third kappa shape index (κ3) is 5.17. The molecule has 0 spiro atoms. The number of carbonyl (C=O) groups is 1. The van der Waals surface area contributed by atoms with E-state index in [1.54, 1.807) is 30.5 Å². The topological polar surface area (TPSA) is 117 Å². The number of nitrogens with zero attached hydrogens (tertiary/aromatic N) is 2. The molecule has 4 rings (SSSR count). The highest BCUT2D eigenvalue weighted by Gasteiger charge is 2.38. The SMILES string of the molecule is COc1cc(CC2c3cnc(F)cc3C(CC(=O)NCc3ccco3)N2C)cc(OC)c1B(O)O. The molecule has 11 heteroatoms. The van der Waals surface area contributed by atoms with E-state index in [1.807, 2.05) is 11.9 Å². The summed E-state index contributed by atoms with van der Waals surface area (Å²) in [5.41, 5.74) is 2.47. The van der Waals surface area contributed by atoms with Crippen LogP contribution >= 0.6 is 0 Å². The minimum atomic E-state index is -1.76. The summed E-state index contributed by atoms with van der Waals surface area (Å²) in [7, 11) is 2.99. The molecule has 1 amide bonds. The number of nitrogens with one attached hydrogen (secondary N) is 1. The molecule has 0 radical (unpaired) electrons. The molecule has 3 heterocycles. The van der Waals surface area contributed by atoms with E-state index in [4.69, 9.17) is 13.9 Å². The second-order valence-corrected chi connectivity index (χ2v) is 8.39. The molecule has 3 N–H and O–H groups in total. The van der Waals surface area contributed by atoms with Crippen molar-refractivity contribution in [2.45, 2.75) is 31.5 Å². The van der Waals surface area contributed by atoms with Crippen LogP contribution in [0, 0.1) is 5.95 Å². The lowest BCUT2D eigenvalue weighted by molar-refractivity contribution is -0.122. The van der Waals surface area contributed by atoms with Crippen molar-refractivity contribution < 1.29 is 33.1 Å². The molecule has 1 aliphatic heterocycles. The molecule has 0 saturated carbocycles. The number of fused-ring (bicyclic) bond motifs is 1. The zero-order chi connectivity index (χ0) is 25.1. The highest BCUT2D eigenvalue weighted by Crippen LogP contribution is 2.44. The zero-order valence-electron chi connectivity index (χ0n) is 19.7. The summed E-state index contributed by atoms with van der Waals surface area (Å²) < 4.78 is 30.1. The molecule has 0 fully saturated rings. The van der Waals surface area contributed by atoms with E-state index in [0.717, 1.165) is 11.1 Å². The standard InChI is InChI=1S/C24H27BFN3O6/c1-29-18(7-14-8-20(33-2)24(25(31)32)21(9-14)34-3)17-13-27-22(26)10-16(17)19(29)11-23(30)28-12-15-5-4-6-35-15/h4-6,8-10,13,18-19,31-32H,7,11-12H2,1-3H3,(H,28,30). The number of hydrogen-bond acceptors (Lipinski definition) is 8. The van der Waals surface area contributed by atoms with Crippen LogP contribution in [0.1, 0.15) is 41.0 Å². The first-order valence-corrected chi connectivity index (χ1v) is 11.1. The fourth-order valence-corrected chi connectivity index (χ4v) is 4.62. The number of ether oxygens (including phenoxy) is 2. The van der Waals surface area contributed by atoms with Crippen molar-refractivity contribution >= 4 is 18.5 Å². The van der Waals surface area contributed by atoms with E-state index in [0.29, 0.717) is 17.7 Å². The summed E-state index contributed by atoms with van der Waals surface area (Å²) in [6.45, 7) is 0.270. The number of halogens is 1. The number of methoxy groups -OCH3 is 2. The highest BCUT2D eigenvalue weighted by molar-refractivity contribution is 6.61. The molecule has 2 aromatic heterocycles. The van der Waals surface area contributed by atoms with Gasteiger partial charge in [-0.3, -0.25) is 9.69 Å². The Labute approximate surface area is 202 Å². The first-order chi connectivity index (χ1) is 16.8. The Morgan fingerprint density at radius 3 is 2.51 bits per heavy atom. The molecule has 0 saturated heterocycles. The Morgan fingerprint density at radius 2 is 1.91 bits per heavy atom. The maximum Gasteiger partial charge on any atom is 0.496 e. The molecule has 0 aliphatic carbocycles. The zero-order valence-corrected chi connectivity index (χ0v) is 19.7. The van der Waals surface area contributed by atoms with Crippen LogP contribution < -0.4 is 20.3 Å². The van der Waals surface area contributed by atoms with E-state index in [1.165, 1.54) is 26.5 Å². The van der Waals surface area contributed by atoms with Crippen molar-refractivity contribution in [3.63, 3.8) is 0 Å². The number of aromatic nitrogens is 1. The summed E-state index contributed by atoms with van der Waals surface area (Å²) in [6.07, 6.45) is 3.65. The van der Waals surface area contributed by atoms with Gasteiger partial charge >= 0.3 is 7.12 Å².